The largest absolute Gasteiger partial charge is 0.256 e. The zero-order valence-electron chi connectivity index (χ0n) is 7.49. The molecule has 0 saturated heterocycles. The number of pyridine rings is 1. The van der Waals surface area contributed by atoms with Crippen molar-refractivity contribution in [1.29, 1.82) is 0 Å². The third-order valence-corrected chi connectivity index (χ3v) is 2.02. The fraction of sp³-hybridized carbons (Fsp3) is 0.0833. The molecule has 0 unspecified atom stereocenters. The van der Waals surface area contributed by atoms with Crippen molar-refractivity contribution in [2.45, 2.75) is 6.92 Å². The Kier molecular flexibility index (Phi) is 2.09. The van der Waals surface area contributed by atoms with Crippen molar-refractivity contribution in [3.63, 3.8) is 0 Å². The van der Waals surface area contributed by atoms with E-state index in [9.17, 15) is 0 Å². The normalized spacial score (nSPS) is 9.92. The van der Waals surface area contributed by atoms with E-state index in [2.05, 4.69) is 18.0 Å². The van der Waals surface area contributed by atoms with E-state index in [1.165, 1.54) is 5.56 Å². The Hall–Kier alpha value is -1.63. The van der Waals surface area contributed by atoms with Crippen LogP contribution in [0.5, 0.6) is 0 Å². The molecule has 1 heterocycles. The quantitative estimate of drug-likeness (QED) is 0.638. The molecule has 1 radical (unpaired) electrons. The summed E-state index contributed by atoms with van der Waals surface area (Å²) < 4.78 is 0. The summed E-state index contributed by atoms with van der Waals surface area (Å²) in [5.74, 6) is 0. The average molecular weight is 168 g/mol. The van der Waals surface area contributed by atoms with Crippen molar-refractivity contribution in [1.82, 2.24) is 4.98 Å². The summed E-state index contributed by atoms with van der Waals surface area (Å²) in [6.07, 6.45) is 1.81. The van der Waals surface area contributed by atoms with Gasteiger partial charge < -0.3 is 0 Å². The summed E-state index contributed by atoms with van der Waals surface area (Å²) in [6, 6.07) is 14.9. The van der Waals surface area contributed by atoms with E-state index in [0.717, 1.165) is 11.3 Å². The Morgan fingerprint density at radius 3 is 2.85 bits per heavy atom. The highest BCUT2D eigenvalue weighted by Gasteiger charge is 1.99. The van der Waals surface area contributed by atoms with Crippen LogP contribution < -0.4 is 0 Å². The second-order valence-electron chi connectivity index (χ2n) is 2.96. The van der Waals surface area contributed by atoms with Gasteiger partial charge in [-0.3, -0.25) is 4.98 Å². The van der Waals surface area contributed by atoms with Gasteiger partial charge in [0.1, 0.15) is 0 Å². The minimum atomic E-state index is 1.01. The molecule has 0 fully saturated rings. The first-order valence-corrected chi connectivity index (χ1v) is 4.26. The van der Waals surface area contributed by atoms with Crippen LogP contribution in [0.1, 0.15) is 5.56 Å². The smallest absolute Gasteiger partial charge is 0.0704 e. The number of aryl methyl sites for hydroxylation is 1. The van der Waals surface area contributed by atoms with Crippen LogP contribution in [0.4, 0.5) is 0 Å². The van der Waals surface area contributed by atoms with E-state index in [1.54, 1.807) is 0 Å². The van der Waals surface area contributed by atoms with Gasteiger partial charge in [0.25, 0.3) is 0 Å². The van der Waals surface area contributed by atoms with Crippen LogP contribution >= 0.6 is 0 Å². The number of nitrogens with zero attached hydrogens (tertiary/aromatic N) is 1. The molecule has 13 heavy (non-hydrogen) atoms. The molecular formula is C12H10N. The third-order valence-electron chi connectivity index (χ3n) is 2.02. The van der Waals surface area contributed by atoms with E-state index in [1.807, 2.05) is 42.6 Å². The summed E-state index contributed by atoms with van der Waals surface area (Å²) in [7, 11) is 0. The van der Waals surface area contributed by atoms with Gasteiger partial charge in [-0.15, -0.1) is 0 Å². The summed E-state index contributed by atoms with van der Waals surface area (Å²) in [5.41, 5.74) is 3.40. The average Bonchev–Trinajstić information content (AvgIpc) is 2.20. The summed E-state index contributed by atoms with van der Waals surface area (Å²) in [6.45, 7) is 2.08. The molecule has 1 aromatic carbocycles. The lowest BCUT2D eigenvalue weighted by molar-refractivity contribution is 1.31. The lowest BCUT2D eigenvalue weighted by atomic mass is 10.1. The molecule has 63 valence electrons. The number of hydrogen-bond acceptors (Lipinski definition) is 1. The van der Waals surface area contributed by atoms with Crippen molar-refractivity contribution in [2.24, 2.45) is 0 Å². The van der Waals surface area contributed by atoms with E-state index in [4.69, 9.17) is 0 Å². The van der Waals surface area contributed by atoms with Crippen LogP contribution in [-0.4, -0.2) is 4.98 Å². The van der Waals surface area contributed by atoms with Crippen molar-refractivity contribution in [2.75, 3.05) is 0 Å². The van der Waals surface area contributed by atoms with Crippen LogP contribution in [0.15, 0.2) is 42.6 Å². The fourth-order valence-corrected chi connectivity index (χ4v) is 1.31. The first-order chi connectivity index (χ1) is 6.38. The number of aromatic nitrogens is 1. The number of benzene rings is 1. The van der Waals surface area contributed by atoms with Gasteiger partial charge in [0.2, 0.25) is 0 Å². The molecule has 0 aliphatic carbocycles. The van der Waals surface area contributed by atoms with E-state index >= 15 is 0 Å². The molecule has 0 atom stereocenters. The van der Waals surface area contributed by atoms with Gasteiger partial charge in [-0.2, -0.15) is 0 Å². The minimum absolute atomic E-state index is 1.01. The number of rotatable bonds is 1. The van der Waals surface area contributed by atoms with Crippen LogP contribution in [0.3, 0.4) is 0 Å². The molecule has 1 nitrogen and oxygen atoms in total. The van der Waals surface area contributed by atoms with E-state index in [0.29, 0.717) is 0 Å². The summed E-state index contributed by atoms with van der Waals surface area (Å²) >= 11 is 0. The summed E-state index contributed by atoms with van der Waals surface area (Å²) in [5, 5.41) is 0. The molecular weight excluding hydrogens is 158 g/mol. The Labute approximate surface area is 78.1 Å². The standard InChI is InChI=1S/C12H10N/c1-10-6-2-3-7-11(10)12-8-4-5-9-13-12/h2,4-9H,1H3. The minimum Gasteiger partial charge on any atom is -0.256 e. The lowest BCUT2D eigenvalue weighted by Crippen LogP contribution is -1.84. The Bertz CT molecular complexity index is 393. The first-order valence-electron chi connectivity index (χ1n) is 4.26. The van der Waals surface area contributed by atoms with Crippen molar-refractivity contribution in [3.8, 4) is 11.3 Å². The second-order valence-corrected chi connectivity index (χ2v) is 2.96. The second kappa shape index (κ2) is 3.40. The van der Waals surface area contributed by atoms with Gasteiger partial charge in [-0.05, 0) is 36.8 Å². The SMILES string of the molecule is Cc1cc[c]cc1-c1ccccn1. The molecule has 0 N–H and O–H groups in total. The molecule has 1 aromatic heterocycles. The Balaban J connectivity index is 2.54. The van der Waals surface area contributed by atoms with Gasteiger partial charge in [0.05, 0.1) is 5.69 Å². The third kappa shape index (κ3) is 1.59. The Morgan fingerprint density at radius 2 is 2.15 bits per heavy atom. The highest BCUT2D eigenvalue weighted by molar-refractivity contribution is 5.62. The maximum absolute atomic E-state index is 4.29. The molecule has 0 saturated carbocycles. The first kappa shape index (κ1) is 7.99. The maximum Gasteiger partial charge on any atom is 0.0704 e. The van der Waals surface area contributed by atoms with Gasteiger partial charge in [0.15, 0.2) is 0 Å². The van der Waals surface area contributed by atoms with Crippen LogP contribution in [-0.2, 0) is 0 Å². The van der Waals surface area contributed by atoms with E-state index < -0.39 is 0 Å². The summed E-state index contributed by atoms with van der Waals surface area (Å²) in [4.78, 5) is 4.29. The lowest BCUT2D eigenvalue weighted by Gasteiger charge is -2.02. The highest BCUT2D eigenvalue weighted by Crippen LogP contribution is 2.19. The van der Waals surface area contributed by atoms with Gasteiger partial charge in [-0.25, -0.2) is 0 Å². The van der Waals surface area contributed by atoms with Crippen LogP contribution in [0.25, 0.3) is 11.3 Å². The Morgan fingerprint density at radius 1 is 1.23 bits per heavy atom. The van der Waals surface area contributed by atoms with Crippen LogP contribution in [0, 0.1) is 13.0 Å². The number of hydrogen-bond donors (Lipinski definition) is 0. The zero-order chi connectivity index (χ0) is 9.10. The molecule has 0 amide bonds. The van der Waals surface area contributed by atoms with Crippen molar-refractivity contribution >= 4 is 0 Å². The molecule has 2 rings (SSSR count). The maximum atomic E-state index is 4.29. The van der Waals surface area contributed by atoms with Crippen LogP contribution in [0.2, 0.25) is 0 Å². The molecule has 0 spiro atoms. The topological polar surface area (TPSA) is 12.9 Å². The fourth-order valence-electron chi connectivity index (χ4n) is 1.31. The molecule has 0 bridgehead atoms. The van der Waals surface area contributed by atoms with Crippen molar-refractivity contribution < 1.29 is 0 Å². The van der Waals surface area contributed by atoms with E-state index in [-0.39, 0.29) is 0 Å². The highest BCUT2D eigenvalue weighted by atomic mass is 14.7. The van der Waals surface area contributed by atoms with Gasteiger partial charge in [0, 0.05) is 11.8 Å². The predicted octanol–water partition coefficient (Wildman–Crippen LogP) is 2.86. The molecule has 1 heteroatoms. The molecule has 0 aliphatic heterocycles. The zero-order valence-corrected chi connectivity index (χ0v) is 7.49. The van der Waals surface area contributed by atoms with Gasteiger partial charge >= 0.3 is 0 Å². The predicted molar refractivity (Wildman–Crippen MR) is 53.2 cm³/mol. The monoisotopic (exact) mass is 168 g/mol. The van der Waals surface area contributed by atoms with Gasteiger partial charge in [-0.1, -0.05) is 18.2 Å². The molecule has 0 aliphatic rings. The molecule has 2 aromatic rings. The van der Waals surface area contributed by atoms with Crippen molar-refractivity contribution in [3.05, 3.63) is 54.2 Å².